The SMILES string of the molecule is O=C(Cc1c(Cl)cccc1Cl)Oc1cccc(Oc2ccccc2)c1. The first-order valence-corrected chi connectivity index (χ1v) is 8.34. The standard InChI is InChI=1S/C20H14Cl2O3/c21-18-10-5-11-19(22)17(18)13-20(23)25-16-9-4-8-15(12-16)24-14-6-2-1-3-7-14/h1-12H,13H2. The van der Waals surface area contributed by atoms with E-state index in [4.69, 9.17) is 32.7 Å². The van der Waals surface area contributed by atoms with Gasteiger partial charge in [0.1, 0.15) is 17.2 Å². The highest BCUT2D eigenvalue weighted by Gasteiger charge is 2.13. The second-order valence-corrected chi connectivity index (χ2v) is 6.06. The molecule has 3 rings (SSSR count). The van der Waals surface area contributed by atoms with E-state index in [1.54, 1.807) is 42.5 Å². The number of ether oxygens (including phenoxy) is 2. The maximum Gasteiger partial charge on any atom is 0.315 e. The first kappa shape index (κ1) is 17.3. The minimum atomic E-state index is -0.452. The Labute approximate surface area is 155 Å². The van der Waals surface area contributed by atoms with Crippen LogP contribution in [0.15, 0.2) is 72.8 Å². The van der Waals surface area contributed by atoms with Crippen molar-refractivity contribution in [3.8, 4) is 17.2 Å². The molecule has 25 heavy (non-hydrogen) atoms. The topological polar surface area (TPSA) is 35.5 Å². The highest BCUT2D eigenvalue weighted by Crippen LogP contribution is 2.27. The molecule has 0 saturated heterocycles. The third-order valence-electron chi connectivity index (χ3n) is 3.40. The molecule has 0 aliphatic carbocycles. The van der Waals surface area contributed by atoms with Crippen molar-refractivity contribution in [3.63, 3.8) is 0 Å². The van der Waals surface area contributed by atoms with Gasteiger partial charge < -0.3 is 9.47 Å². The van der Waals surface area contributed by atoms with Gasteiger partial charge in [-0.2, -0.15) is 0 Å². The number of hydrogen-bond acceptors (Lipinski definition) is 3. The van der Waals surface area contributed by atoms with Gasteiger partial charge in [0, 0.05) is 21.7 Å². The van der Waals surface area contributed by atoms with Crippen LogP contribution in [-0.4, -0.2) is 5.97 Å². The lowest BCUT2D eigenvalue weighted by Gasteiger charge is -2.09. The van der Waals surface area contributed by atoms with Crippen LogP contribution in [0, 0.1) is 0 Å². The molecular formula is C20H14Cl2O3. The van der Waals surface area contributed by atoms with Crippen molar-refractivity contribution >= 4 is 29.2 Å². The minimum Gasteiger partial charge on any atom is -0.457 e. The summed E-state index contributed by atoms with van der Waals surface area (Å²) in [5.41, 5.74) is 0.549. The van der Waals surface area contributed by atoms with E-state index >= 15 is 0 Å². The molecule has 0 N–H and O–H groups in total. The quantitative estimate of drug-likeness (QED) is 0.411. The number of esters is 1. The van der Waals surface area contributed by atoms with E-state index < -0.39 is 5.97 Å². The summed E-state index contributed by atoms with van der Waals surface area (Å²) >= 11 is 12.2. The number of hydrogen-bond donors (Lipinski definition) is 0. The molecule has 3 aromatic carbocycles. The van der Waals surface area contributed by atoms with E-state index in [1.165, 1.54) is 0 Å². The van der Waals surface area contributed by atoms with E-state index in [0.29, 0.717) is 32.9 Å². The molecule has 126 valence electrons. The number of para-hydroxylation sites is 1. The number of benzene rings is 3. The summed E-state index contributed by atoms with van der Waals surface area (Å²) in [5, 5.41) is 0.872. The Bertz CT molecular complexity index is 859. The van der Waals surface area contributed by atoms with Crippen molar-refractivity contribution in [2.24, 2.45) is 0 Å². The molecule has 0 aliphatic heterocycles. The van der Waals surface area contributed by atoms with Gasteiger partial charge in [-0.25, -0.2) is 0 Å². The van der Waals surface area contributed by atoms with Gasteiger partial charge in [-0.3, -0.25) is 4.79 Å². The third kappa shape index (κ3) is 4.75. The zero-order valence-electron chi connectivity index (χ0n) is 13.1. The Morgan fingerprint density at radius 1 is 0.760 bits per heavy atom. The van der Waals surface area contributed by atoms with Crippen LogP contribution in [0.1, 0.15) is 5.56 Å². The van der Waals surface area contributed by atoms with Crippen molar-refractivity contribution < 1.29 is 14.3 Å². The highest BCUT2D eigenvalue weighted by atomic mass is 35.5. The van der Waals surface area contributed by atoms with E-state index in [9.17, 15) is 4.79 Å². The first-order chi connectivity index (χ1) is 12.1. The molecule has 3 aromatic rings. The second kappa shape index (κ2) is 8.06. The largest absolute Gasteiger partial charge is 0.457 e. The molecule has 0 saturated carbocycles. The molecular weight excluding hydrogens is 359 g/mol. The Morgan fingerprint density at radius 3 is 2.08 bits per heavy atom. The monoisotopic (exact) mass is 372 g/mol. The summed E-state index contributed by atoms with van der Waals surface area (Å²) in [6, 6.07) is 21.3. The lowest BCUT2D eigenvalue weighted by molar-refractivity contribution is -0.133. The fourth-order valence-electron chi connectivity index (χ4n) is 2.24. The van der Waals surface area contributed by atoms with E-state index in [0.717, 1.165) is 0 Å². The third-order valence-corrected chi connectivity index (χ3v) is 4.11. The van der Waals surface area contributed by atoms with Gasteiger partial charge in [0.05, 0.1) is 6.42 Å². The number of carbonyl (C=O) groups is 1. The lowest BCUT2D eigenvalue weighted by Crippen LogP contribution is -2.12. The lowest BCUT2D eigenvalue weighted by atomic mass is 10.1. The fourth-order valence-corrected chi connectivity index (χ4v) is 2.77. The van der Waals surface area contributed by atoms with Crippen molar-refractivity contribution in [1.29, 1.82) is 0 Å². The van der Waals surface area contributed by atoms with E-state index in [1.807, 2.05) is 30.3 Å². The molecule has 0 unspecified atom stereocenters. The smallest absolute Gasteiger partial charge is 0.315 e. The van der Waals surface area contributed by atoms with E-state index in [2.05, 4.69) is 0 Å². The molecule has 0 amide bonds. The number of halogens is 2. The molecule has 3 nitrogen and oxygen atoms in total. The van der Waals surface area contributed by atoms with E-state index in [-0.39, 0.29) is 6.42 Å². The summed E-state index contributed by atoms with van der Waals surface area (Å²) < 4.78 is 11.1. The van der Waals surface area contributed by atoms with Crippen molar-refractivity contribution in [2.45, 2.75) is 6.42 Å². The van der Waals surface area contributed by atoms with Crippen molar-refractivity contribution in [3.05, 3.63) is 88.4 Å². The second-order valence-electron chi connectivity index (χ2n) is 5.24. The normalized spacial score (nSPS) is 10.3. The number of rotatable bonds is 5. The van der Waals surface area contributed by atoms with Crippen LogP contribution in [-0.2, 0) is 11.2 Å². The van der Waals surface area contributed by atoms with Gasteiger partial charge in [-0.15, -0.1) is 0 Å². The first-order valence-electron chi connectivity index (χ1n) is 7.58. The maximum absolute atomic E-state index is 12.2. The van der Waals surface area contributed by atoms with Gasteiger partial charge in [0.2, 0.25) is 0 Å². The summed E-state index contributed by atoms with van der Waals surface area (Å²) in [4.78, 5) is 12.2. The Kier molecular flexibility index (Phi) is 5.59. The van der Waals surface area contributed by atoms with Crippen LogP contribution >= 0.6 is 23.2 Å². The highest BCUT2D eigenvalue weighted by molar-refractivity contribution is 6.36. The van der Waals surface area contributed by atoms with Gasteiger partial charge in [0.25, 0.3) is 0 Å². The molecule has 0 aliphatic rings. The van der Waals surface area contributed by atoms with Crippen LogP contribution < -0.4 is 9.47 Å². The minimum absolute atomic E-state index is 0.0116. The zero-order chi connectivity index (χ0) is 17.6. The summed E-state index contributed by atoms with van der Waals surface area (Å²) in [5.74, 6) is 1.22. The summed E-state index contributed by atoms with van der Waals surface area (Å²) in [7, 11) is 0. The van der Waals surface area contributed by atoms with Crippen LogP contribution in [0.25, 0.3) is 0 Å². The predicted octanol–water partition coefficient (Wildman–Crippen LogP) is 5.93. The molecule has 0 radical (unpaired) electrons. The Morgan fingerprint density at radius 2 is 1.36 bits per heavy atom. The van der Waals surface area contributed by atoms with Crippen molar-refractivity contribution in [2.75, 3.05) is 0 Å². The predicted molar refractivity (Wildman–Crippen MR) is 98.8 cm³/mol. The molecule has 0 heterocycles. The summed E-state index contributed by atoms with van der Waals surface area (Å²) in [6.07, 6.45) is -0.0116. The fraction of sp³-hybridized carbons (Fsp3) is 0.0500. The van der Waals surface area contributed by atoms with Crippen LogP contribution in [0.3, 0.4) is 0 Å². The maximum atomic E-state index is 12.2. The van der Waals surface area contributed by atoms with Gasteiger partial charge in [-0.1, -0.05) is 53.5 Å². The molecule has 5 heteroatoms. The van der Waals surface area contributed by atoms with Crippen molar-refractivity contribution in [1.82, 2.24) is 0 Å². The Hall–Kier alpha value is -2.49. The van der Waals surface area contributed by atoms with Gasteiger partial charge in [-0.05, 0) is 36.4 Å². The van der Waals surface area contributed by atoms with Crippen LogP contribution in [0.4, 0.5) is 0 Å². The average Bonchev–Trinajstić information content (AvgIpc) is 2.59. The molecule has 0 bridgehead atoms. The molecule has 0 spiro atoms. The zero-order valence-corrected chi connectivity index (χ0v) is 14.6. The summed E-state index contributed by atoms with van der Waals surface area (Å²) in [6.45, 7) is 0. The van der Waals surface area contributed by atoms with Gasteiger partial charge >= 0.3 is 5.97 Å². The van der Waals surface area contributed by atoms with Crippen LogP contribution in [0.2, 0.25) is 10.0 Å². The number of carbonyl (C=O) groups excluding carboxylic acids is 1. The molecule has 0 fully saturated rings. The molecule has 0 aromatic heterocycles. The van der Waals surface area contributed by atoms with Crippen LogP contribution in [0.5, 0.6) is 17.2 Å². The molecule has 0 atom stereocenters. The average molecular weight is 373 g/mol. The van der Waals surface area contributed by atoms with Gasteiger partial charge in [0.15, 0.2) is 0 Å². The Balaban J connectivity index is 1.68.